The highest BCUT2D eigenvalue weighted by molar-refractivity contribution is 7.80. The number of ether oxygens (including phenoxy) is 1. The molecule has 0 bridgehead atoms. The molecule has 0 saturated carbocycles. The monoisotopic (exact) mass is 385 g/mol. The van der Waals surface area contributed by atoms with Crippen molar-refractivity contribution in [2.24, 2.45) is 0 Å². The van der Waals surface area contributed by atoms with Gasteiger partial charge in [0.15, 0.2) is 5.11 Å². The lowest BCUT2D eigenvalue weighted by Gasteiger charge is -2.30. The summed E-state index contributed by atoms with van der Waals surface area (Å²) in [7, 11) is 0. The number of nitrogens with one attached hydrogen (secondary N) is 3. The average molecular weight is 385 g/mol. The second kappa shape index (κ2) is 8.18. The van der Waals surface area contributed by atoms with Gasteiger partial charge < -0.3 is 20.7 Å². The molecule has 0 saturated heterocycles. The molecule has 2 aromatic carbocycles. The summed E-state index contributed by atoms with van der Waals surface area (Å²) in [5.41, 5.74) is 1.83. The molecule has 0 radical (unpaired) electrons. The van der Waals surface area contributed by atoms with Gasteiger partial charge in [-0.3, -0.25) is 4.79 Å². The molecule has 1 heterocycles. The van der Waals surface area contributed by atoms with Crippen molar-refractivity contribution < 1.29 is 13.9 Å². The van der Waals surface area contributed by atoms with E-state index < -0.39 is 11.9 Å². The third kappa shape index (κ3) is 4.09. The van der Waals surface area contributed by atoms with Gasteiger partial charge in [0.1, 0.15) is 11.6 Å². The molecule has 1 aliphatic rings. The second-order valence-corrected chi connectivity index (χ2v) is 6.38. The zero-order valence-corrected chi connectivity index (χ0v) is 15.8. The Morgan fingerprint density at radius 1 is 1.22 bits per heavy atom. The summed E-state index contributed by atoms with van der Waals surface area (Å²) in [5, 5.41) is 9.13. The van der Waals surface area contributed by atoms with Crippen LogP contribution in [0, 0.1) is 5.82 Å². The zero-order chi connectivity index (χ0) is 19.4. The van der Waals surface area contributed by atoms with Crippen molar-refractivity contribution in [2.75, 3.05) is 11.9 Å². The van der Waals surface area contributed by atoms with Crippen LogP contribution in [0.3, 0.4) is 0 Å². The van der Waals surface area contributed by atoms with Gasteiger partial charge in [0.25, 0.3) is 5.91 Å². The maximum absolute atomic E-state index is 14.4. The SMILES string of the molecule is CCOc1ccccc1NC(=O)C1=C(C)NC(=S)N[C@H]1c1ccccc1F. The average Bonchev–Trinajstić information content (AvgIpc) is 2.63. The van der Waals surface area contributed by atoms with E-state index in [9.17, 15) is 9.18 Å². The third-order valence-electron chi connectivity index (χ3n) is 4.17. The molecule has 5 nitrogen and oxygen atoms in total. The maximum atomic E-state index is 14.4. The van der Waals surface area contributed by atoms with Gasteiger partial charge in [-0.15, -0.1) is 0 Å². The van der Waals surface area contributed by atoms with E-state index in [2.05, 4.69) is 16.0 Å². The molecule has 0 unspecified atom stereocenters. The van der Waals surface area contributed by atoms with Gasteiger partial charge in [0, 0.05) is 11.3 Å². The number of carbonyl (C=O) groups is 1. The van der Waals surface area contributed by atoms with Crippen LogP contribution < -0.4 is 20.7 Å². The molecule has 2 aromatic rings. The van der Waals surface area contributed by atoms with E-state index in [1.165, 1.54) is 6.07 Å². The van der Waals surface area contributed by atoms with Crippen molar-refractivity contribution in [1.82, 2.24) is 10.6 Å². The predicted molar refractivity (Wildman–Crippen MR) is 107 cm³/mol. The van der Waals surface area contributed by atoms with E-state index in [1.54, 1.807) is 43.3 Å². The highest BCUT2D eigenvalue weighted by atomic mass is 32.1. The fraction of sp³-hybridized carbons (Fsp3) is 0.200. The largest absolute Gasteiger partial charge is 0.492 e. The fourth-order valence-corrected chi connectivity index (χ4v) is 3.25. The van der Waals surface area contributed by atoms with Gasteiger partial charge in [0.05, 0.1) is 23.9 Å². The van der Waals surface area contributed by atoms with Crippen LogP contribution in [-0.4, -0.2) is 17.6 Å². The lowest BCUT2D eigenvalue weighted by molar-refractivity contribution is -0.113. The number of thiocarbonyl (C=S) groups is 1. The van der Waals surface area contributed by atoms with Crippen molar-refractivity contribution in [3.8, 4) is 5.75 Å². The Bertz CT molecular complexity index is 914. The highest BCUT2D eigenvalue weighted by Crippen LogP contribution is 2.31. The zero-order valence-electron chi connectivity index (χ0n) is 15.0. The number of carbonyl (C=O) groups excluding carboxylic acids is 1. The quantitative estimate of drug-likeness (QED) is 0.686. The first kappa shape index (κ1) is 18.8. The summed E-state index contributed by atoms with van der Waals surface area (Å²) in [6, 6.07) is 12.8. The summed E-state index contributed by atoms with van der Waals surface area (Å²) in [6.45, 7) is 4.09. The minimum Gasteiger partial charge on any atom is -0.492 e. The topological polar surface area (TPSA) is 62.4 Å². The number of hydrogen-bond acceptors (Lipinski definition) is 3. The van der Waals surface area contributed by atoms with Crippen LogP contribution in [0.4, 0.5) is 10.1 Å². The molecule has 1 atom stereocenters. The van der Waals surface area contributed by atoms with Crippen molar-refractivity contribution in [3.05, 3.63) is 71.2 Å². The molecular weight excluding hydrogens is 365 g/mol. The van der Waals surface area contributed by atoms with Gasteiger partial charge in [-0.25, -0.2) is 4.39 Å². The van der Waals surface area contributed by atoms with Crippen LogP contribution in [0.25, 0.3) is 0 Å². The molecule has 1 aliphatic heterocycles. The molecule has 27 heavy (non-hydrogen) atoms. The Morgan fingerprint density at radius 3 is 2.67 bits per heavy atom. The van der Waals surface area contributed by atoms with Gasteiger partial charge in [-0.05, 0) is 44.3 Å². The lowest BCUT2D eigenvalue weighted by Crippen LogP contribution is -2.46. The van der Waals surface area contributed by atoms with Gasteiger partial charge in [-0.2, -0.15) is 0 Å². The van der Waals surface area contributed by atoms with E-state index in [4.69, 9.17) is 17.0 Å². The number of halogens is 1. The summed E-state index contributed by atoms with van der Waals surface area (Å²) in [5.74, 6) is -0.204. The van der Waals surface area contributed by atoms with Crippen molar-refractivity contribution >= 4 is 28.9 Å². The number of benzene rings is 2. The minimum atomic E-state index is -0.695. The lowest BCUT2D eigenvalue weighted by atomic mass is 9.94. The van der Waals surface area contributed by atoms with Crippen molar-refractivity contribution in [3.63, 3.8) is 0 Å². The molecule has 7 heteroatoms. The molecule has 0 aromatic heterocycles. The number of para-hydroxylation sites is 2. The van der Waals surface area contributed by atoms with Gasteiger partial charge >= 0.3 is 0 Å². The molecule has 0 aliphatic carbocycles. The first-order valence-corrected chi connectivity index (χ1v) is 8.98. The van der Waals surface area contributed by atoms with Gasteiger partial charge in [-0.1, -0.05) is 30.3 Å². The van der Waals surface area contributed by atoms with Crippen LogP contribution in [-0.2, 0) is 4.79 Å². The summed E-state index contributed by atoms with van der Waals surface area (Å²) in [4.78, 5) is 13.1. The van der Waals surface area contributed by atoms with Crippen molar-refractivity contribution in [1.29, 1.82) is 0 Å². The smallest absolute Gasteiger partial charge is 0.255 e. The van der Waals surface area contributed by atoms with Crippen LogP contribution in [0.5, 0.6) is 5.75 Å². The number of hydrogen-bond donors (Lipinski definition) is 3. The Hall–Kier alpha value is -2.93. The number of allylic oxidation sites excluding steroid dienone is 1. The number of amides is 1. The van der Waals surface area contributed by atoms with E-state index in [1.807, 2.05) is 13.0 Å². The molecule has 0 spiro atoms. The Kier molecular flexibility index (Phi) is 5.71. The van der Waals surface area contributed by atoms with Crippen LogP contribution in [0.2, 0.25) is 0 Å². The maximum Gasteiger partial charge on any atom is 0.255 e. The number of rotatable bonds is 5. The van der Waals surface area contributed by atoms with E-state index in [0.717, 1.165) is 0 Å². The molecule has 3 N–H and O–H groups in total. The number of anilines is 1. The molecule has 1 amide bonds. The van der Waals surface area contributed by atoms with E-state index in [-0.39, 0.29) is 5.91 Å². The van der Waals surface area contributed by atoms with Gasteiger partial charge in [0.2, 0.25) is 0 Å². The Balaban J connectivity index is 1.97. The Labute approximate surface area is 162 Å². The third-order valence-corrected chi connectivity index (χ3v) is 4.39. The first-order valence-electron chi connectivity index (χ1n) is 8.57. The summed E-state index contributed by atoms with van der Waals surface area (Å²) in [6.07, 6.45) is 0. The molecular formula is C20H20FN3O2S. The van der Waals surface area contributed by atoms with Crippen molar-refractivity contribution in [2.45, 2.75) is 19.9 Å². The van der Waals surface area contributed by atoms with Crippen LogP contribution >= 0.6 is 12.2 Å². The van der Waals surface area contributed by atoms with Crippen LogP contribution in [0.15, 0.2) is 59.8 Å². The second-order valence-electron chi connectivity index (χ2n) is 5.97. The summed E-state index contributed by atoms with van der Waals surface area (Å²) >= 11 is 5.20. The van der Waals surface area contributed by atoms with Crippen LogP contribution in [0.1, 0.15) is 25.5 Å². The normalized spacial score (nSPS) is 16.4. The van der Waals surface area contributed by atoms with E-state index in [0.29, 0.717) is 40.0 Å². The summed E-state index contributed by atoms with van der Waals surface area (Å²) < 4.78 is 19.9. The predicted octanol–water partition coefficient (Wildman–Crippen LogP) is 3.66. The first-order chi connectivity index (χ1) is 13.0. The standard InChI is InChI=1S/C20H20FN3O2S/c1-3-26-16-11-7-6-10-15(16)23-19(25)17-12(2)22-20(27)24-18(17)13-8-4-5-9-14(13)21/h4-11,18H,3H2,1-2H3,(H,23,25)(H2,22,24,27)/t18-/m0/s1. The molecule has 140 valence electrons. The highest BCUT2D eigenvalue weighted by Gasteiger charge is 2.31. The molecule has 3 rings (SSSR count). The molecule has 0 fully saturated rings. The van der Waals surface area contributed by atoms with E-state index >= 15 is 0 Å². The minimum absolute atomic E-state index is 0.340. The fourth-order valence-electron chi connectivity index (χ4n) is 2.98. The Morgan fingerprint density at radius 2 is 1.93 bits per heavy atom.